The fourth-order valence-corrected chi connectivity index (χ4v) is 2.04. The number of benzene rings is 1. The van der Waals surface area contributed by atoms with E-state index in [-0.39, 0.29) is 6.03 Å². The summed E-state index contributed by atoms with van der Waals surface area (Å²) in [6.07, 6.45) is 5.07. The average molecular weight is 241 g/mol. The maximum atomic E-state index is 11.7. The van der Waals surface area contributed by atoms with Gasteiger partial charge in [0.1, 0.15) is 0 Å². The molecule has 1 saturated carbocycles. The summed E-state index contributed by atoms with van der Waals surface area (Å²) >= 11 is 0. The zero-order valence-electron chi connectivity index (χ0n) is 10.0. The van der Waals surface area contributed by atoms with Crippen LogP contribution in [0.3, 0.4) is 0 Å². The summed E-state index contributed by atoms with van der Waals surface area (Å²) in [5.74, 6) is 0. The van der Waals surface area contributed by atoms with E-state index in [0.717, 1.165) is 29.4 Å². The van der Waals surface area contributed by atoms with Crippen molar-refractivity contribution in [3.8, 4) is 0 Å². The van der Waals surface area contributed by atoms with E-state index in [0.29, 0.717) is 6.04 Å². The molecule has 1 aromatic heterocycles. The second kappa shape index (κ2) is 4.64. The first-order chi connectivity index (χ1) is 8.81. The van der Waals surface area contributed by atoms with Crippen molar-refractivity contribution < 1.29 is 4.79 Å². The minimum absolute atomic E-state index is 0.142. The number of pyridine rings is 1. The van der Waals surface area contributed by atoms with Crippen molar-refractivity contribution in [1.29, 1.82) is 0 Å². The lowest BCUT2D eigenvalue weighted by Gasteiger charge is -2.26. The van der Waals surface area contributed by atoms with Gasteiger partial charge < -0.3 is 10.6 Å². The van der Waals surface area contributed by atoms with Gasteiger partial charge in [0, 0.05) is 11.4 Å². The molecule has 0 aliphatic heterocycles. The molecule has 1 aromatic carbocycles. The molecule has 0 atom stereocenters. The maximum absolute atomic E-state index is 11.7. The van der Waals surface area contributed by atoms with Crippen LogP contribution in [0.15, 0.2) is 36.5 Å². The Kier molecular flexibility index (Phi) is 2.84. The van der Waals surface area contributed by atoms with Crippen LogP contribution in [0.4, 0.5) is 10.5 Å². The number of fused-ring (bicyclic) bond motifs is 1. The molecule has 0 bridgehead atoms. The SMILES string of the molecule is O=C(Nc1cnc2ccccc2c1)NC1CCC1. The van der Waals surface area contributed by atoms with Crippen molar-refractivity contribution in [1.82, 2.24) is 10.3 Å². The number of carbonyl (C=O) groups excluding carboxylic acids is 1. The van der Waals surface area contributed by atoms with Gasteiger partial charge in [-0.15, -0.1) is 0 Å². The number of carbonyl (C=O) groups is 1. The van der Waals surface area contributed by atoms with Gasteiger partial charge in [0.25, 0.3) is 0 Å². The molecule has 4 heteroatoms. The van der Waals surface area contributed by atoms with E-state index in [2.05, 4.69) is 15.6 Å². The molecular formula is C14H15N3O. The van der Waals surface area contributed by atoms with Crippen LogP contribution in [0.2, 0.25) is 0 Å². The lowest BCUT2D eigenvalue weighted by Crippen LogP contribution is -2.41. The van der Waals surface area contributed by atoms with E-state index in [1.165, 1.54) is 6.42 Å². The molecule has 4 nitrogen and oxygen atoms in total. The number of anilines is 1. The lowest BCUT2D eigenvalue weighted by molar-refractivity contribution is 0.240. The number of nitrogens with zero attached hydrogens (tertiary/aromatic N) is 1. The van der Waals surface area contributed by atoms with Gasteiger partial charge in [-0.25, -0.2) is 4.79 Å². The Morgan fingerprint density at radius 1 is 1.28 bits per heavy atom. The predicted octanol–water partition coefficient (Wildman–Crippen LogP) is 2.91. The summed E-state index contributed by atoms with van der Waals surface area (Å²) in [5, 5.41) is 6.78. The number of nitrogens with one attached hydrogen (secondary N) is 2. The molecular weight excluding hydrogens is 226 g/mol. The zero-order chi connectivity index (χ0) is 12.4. The highest BCUT2D eigenvalue weighted by molar-refractivity contribution is 5.92. The Hall–Kier alpha value is -2.10. The summed E-state index contributed by atoms with van der Waals surface area (Å²) in [6, 6.07) is 9.98. The minimum atomic E-state index is -0.142. The molecule has 0 radical (unpaired) electrons. The van der Waals surface area contributed by atoms with E-state index in [4.69, 9.17) is 0 Å². The largest absolute Gasteiger partial charge is 0.335 e. The third-order valence-corrected chi connectivity index (χ3v) is 3.29. The standard InChI is InChI=1S/C14H15N3O/c18-14(16-11-5-3-6-11)17-12-8-10-4-1-2-7-13(10)15-9-12/h1-2,4,7-9,11H,3,5-6H2,(H2,16,17,18). The van der Waals surface area contributed by atoms with Gasteiger partial charge in [-0.05, 0) is 31.4 Å². The first kappa shape index (κ1) is 11.0. The summed E-state index contributed by atoms with van der Waals surface area (Å²) in [4.78, 5) is 16.0. The van der Waals surface area contributed by atoms with Gasteiger partial charge in [0.05, 0.1) is 17.4 Å². The van der Waals surface area contributed by atoms with Gasteiger partial charge in [0.2, 0.25) is 0 Å². The molecule has 1 aliphatic rings. The monoisotopic (exact) mass is 241 g/mol. The van der Waals surface area contributed by atoms with E-state index in [1.54, 1.807) is 6.20 Å². The van der Waals surface area contributed by atoms with Gasteiger partial charge in [0.15, 0.2) is 0 Å². The molecule has 92 valence electrons. The fourth-order valence-electron chi connectivity index (χ4n) is 2.04. The molecule has 1 aliphatic carbocycles. The Bertz CT molecular complexity index is 578. The zero-order valence-corrected chi connectivity index (χ0v) is 10.0. The quantitative estimate of drug-likeness (QED) is 0.849. The molecule has 3 rings (SSSR count). The highest BCUT2D eigenvalue weighted by atomic mass is 16.2. The molecule has 0 spiro atoms. The Balaban J connectivity index is 1.71. The third-order valence-electron chi connectivity index (χ3n) is 3.29. The van der Waals surface area contributed by atoms with Crippen molar-refractivity contribution in [3.05, 3.63) is 36.5 Å². The van der Waals surface area contributed by atoms with Crippen molar-refractivity contribution in [2.24, 2.45) is 0 Å². The number of amides is 2. The van der Waals surface area contributed by atoms with Crippen LogP contribution in [0.5, 0.6) is 0 Å². The molecule has 18 heavy (non-hydrogen) atoms. The summed E-state index contributed by atoms with van der Waals surface area (Å²) in [7, 11) is 0. The van der Waals surface area contributed by atoms with Gasteiger partial charge in [-0.1, -0.05) is 18.2 Å². The van der Waals surface area contributed by atoms with E-state index in [1.807, 2.05) is 30.3 Å². The van der Waals surface area contributed by atoms with E-state index in [9.17, 15) is 4.79 Å². The van der Waals surface area contributed by atoms with E-state index >= 15 is 0 Å². The Labute approximate surface area is 105 Å². The van der Waals surface area contributed by atoms with Crippen LogP contribution in [0.25, 0.3) is 10.9 Å². The van der Waals surface area contributed by atoms with Crippen LogP contribution >= 0.6 is 0 Å². The molecule has 2 N–H and O–H groups in total. The second-order valence-corrected chi connectivity index (χ2v) is 4.64. The van der Waals surface area contributed by atoms with Crippen molar-refractivity contribution in [2.75, 3.05) is 5.32 Å². The highest BCUT2D eigenvalue weighted by Crippen LogP contribution is 2.19. The van der Waals surface area contributed by atoms with Crippen molar-refractivity contribution in [3.63, 3.8) is 0 Å². The lowest BCUT2D eigenvalue weighted by atomic mass is 9.93. The molecule has 0 unspecified atom stereocenters. The first-order valence-corrected chi connectivity index (χ1v) is 6.23. The Morgan fingerprint density at radius 3 is 2.89 bits per heavy atom. The van der Waals surface area contributed by atoms with Crippen molar-refractivity contribution >= 4 is 22.6 Å². The molecule has 2 aromatic rings. The number of hydrogen-bond acceptors (Lipinski definition) is 2. The first-order valence-electron chi connectivity index (χ1n) is 6.23. The van der Waals surface area contributed by atoms with Crippen LogP contribution in [0, 0.1) is 0 Å². The fraction of sp³-hybridized carbons (Fsp3) is 0.286. The molecule has 1 fully saturated rings. The molecule has 1 heterocycles. The smallest absolute Gasteiger partial charge is 0.319 e. The predicted molar refractivity (Wildman–Crippen MR) is 71.5 cm³/mol. The second-order valence-electron chi connectivity index (χ2n) is 4.64. The van der Waals surface area contributed by atoms with Crippen LogP contribution in [0.1, 0.15) is 19.3 Å². The van der Waals surface area contributed by atoms with Gasteiger partial charge in [-0.2, -0.15) is 0 Å². The van der Waals surface area contributed by atoms with Crippen LogP contribution < -0.4 is 10.6 Å². The highest BCUT2D eigenvalue weighted by Gasteiger charge is 2.19. The van der Waals surface area contributed by atoms with Gasteiger partial charge in [-0.3, -0.25) is 4.98 Å². The maximum Gasteiger partial charge on any atom is 0.319 e. The topological polar surface area (TPSA) is 54.0 Å². The molecule has 2 amide bonds. The number of aromatic nitrogens is 1. The molecule has 0 saturated heterocycles. The summed E-state index contributed by atoms with van der Waals surface area (Å²) in [5.41, 5.74) is 1.66. The number of hydrogen-bond donors (Lipinski definition) is 2. The van der Waals surface area contributed by atoms with Crippen LogP contribution in [-0.2, 0) is 0 Å². The summed E-state index contributed by atoms with van der Waals surface area (Å²) in [6.45, 7) is 0. The summed E-state index contributed by atoms with van der Waals surface area (Å²) < 4.78 is 0. The number of para-hydroxylation sites is 1. The minimum Gasteiger partial charge on any atom is -0.335 e. The number of urea groups is 1. The Morgan fingerprint density at radius 2 is 2.11 bits per heavy atom. The number of rotatable bonds is 2. The van der Waals surface area contributed by atoms with Crippen LogP contribution in [-0.4, -0.2) is 17.1 Å². The normalized spacial score (nSPS) is 15.1. The third kappa shape index (κ3) is 2.27. The van der Waals surface area contributed by atoms with Crippen molar-refractivity contribution in [2.45, 2.75) is 25.3 Å². The average Bonchev–Trinajstić information content (AvgIpc) is 2.34. The van der Waals surface area contributed by atoms with Gasteiger partial charge >= 0.3 is 6.03 Å². The van der Waals surface area contributed by atoms with E-state index < -0.39 is 0 Å².